The molecule has 6 heteroatoms. The summed E-state index contributed by atoms with van der Waals surface area (Å²) in [6.07, 6.45) is 0. The summed E-state index contributed by atoms with van der Waals surface area (Å²) in [6.45, 7) is 3.43. The molecule has 2 rings (SSSR count). The molecule has 0 aromatic heterocycles. The number of nitro benzene ring substituents is 1. The van der Waals surface area contributed by atoms with Gasteiger partial charge in [0.05, 0.1) is 11.5 Å². The molecule has 0 aliphatic carbocycles. The third-order valence-corrected chi connectivity index (χ3v) is 3.36. The Bertz CT molecular complexity index is 683. The van der Waals surface area contributed by atoms with E-state index in [-0.39, 0.29) is 11.6 Å². The normalized spacial score (nSPS) is 10.3. The molecule has 2 aromatic carbocycles. The largest absolute Gasteiger partial charge is 0.377 e. The molecule has 0 radical (unpaired) electrons. The van der Waals surface area contributed by atoms with Crippen LogP contribution in [0.5, 0.6) is 0 Å². The molecule has 0 saturated heterocycles. The standard InChI is InChI=1S/C17H18N2O4/c1-2-23-12-15-6-4-3-5-14(15)11-18-17(20)13-7-9-16(10-8-13)19(21)22/h3-10H,2,11-12H2,1H3,(H,18,20). The summed E-state index contributed by atoms with van der Waals surface area (Å²) >= 11 is 0. The number of non-ortho nitro benzene ring substituents is 1. The highest BCUT2D eigenvalue weighted by Crippen LogP contribution is 2.13. The predicted octanol–water partition coefficient (Wildman–Crippen LogP) is 3.06. The molecule has 0 atom stereocenters. The predicted molar refractivity (Wildman–Crippen MR) is 86.0 cm³/mol. The minimum Gasteiger partial charge on any atom is -0.377 e. The zero-order valence-electron chi connectivity index (χ0n) is 12.8. The summed E-state index contributed by atoms with van der Waals surface area (Å²) in [5.74, 6) is -0.272. The van der Waals surface area contributed by atoms with Gasteiger partial charge in [-0.25, -0.2) is 0 Å². The van der Waals surface area contributed by atoms with E-state index >= 15 is 0 Å². The number of amides is 1. The number of hydrogen-bond donors (Lipinski definition) is 1. The van der Waals surface area contributed by atoms with Gasteiger partial charge < -0.3 is 10.1 Å². The Kier molecular flexibility index (Phi) is 5.82. The number of nitrogens with zero attached hydrogens (tertiary/aromatic N) is 1. The molecule has 0 heterocycles. The van der Waals surface area contributed by atoms with Crippen LogP contribution in [0.3, 0.4) is 0 Å². The first-order valence-corrected chi connectivity index (χ1v) is 7.29. The Morgan fingerprint density at radius 3 is 2.39 bits per heavy atom. The molecule has 2 aromatic rings. The second-order valence-electron chi connectivity index (χ2n) is 4.89. The van der Waals surface area contributed by atoms with Crippen molar-refractivity contribution in [2.75, 3.05) is 6.61 Å². The summed E-state index contributed by atoms with van der Waals surface area (Å²) < 4.78 is 5.41. The van der Waals surface area contributed by atoms with E-state index in [2.05, 4.69) is 5.32 Å². The zero-order chi connectivity index (χ0) is 16.7. The smallest absolute Gasteiger partial charge is 0.269 e. The Balaban J connectivity index is 2.00. The van der Waals surface area contributed by atoms with Gasteiger partial charge in [-0.2, -0.15) is 0 Å². The van der Waals surface area contributed by atoms with E-state index in [0.717, 1.165) is 11.1 Å². The maximum absolute atomic E-state index is 12.1. The van der Waals surface area contributed by atoms with Gasteiger partial charge in [0.15, 0.2) is 0 Å². The first-order chi connectivity index (χ1) is 11.1. The first-order valence-electron chi connectivity index (χ1n) is 7.29. The molecule has 0 fully saturated rings. The van der Waals surface area contributed by atoms with Gasteiger partial charge in [0.1, 0.15) is 0 Å². The number of hydrogen-bond acceptors (Lipinski definition) is 4. The molecule has 1 amide bonds. The first kappa shape index (κ1) is 16.6. The van der Waals surface area contributed by atoms with Crippen molar-refractivity contribution < 1.29 is 14.5 Å². The maximum Gasteiger partial charge on any atom is 0.269 e. The number of ether oxygens (including phenoxy) is 1. The summed E-state index contributed by atoms with van der Waals surface area (Å²) in [4.78, 5) is 22.2. The van der Waals surface area contributed by atoms with Crippen LogP contribution in [-0.2, 0) is 17.9 Å². The van der Waals surface area contributed by atoms with E-state index in [4.69, 9.17) is 4.74 Å². The molecule has 0 unspecified atom stereocenters. The summed E-state index contributed by atoms with van der Waals surface area (Å²) in [5.41, 5.74) is 2.36. The molecular weight excluding hydrogens is 296 g/mol. The minimum atomic E-state index is -0.494. The lowest BCUT2D eigenvalue weighted by Crippen LogP contribution is -2.23. The Morgan fingerprint density at radius 2 is 1.78 bits per heavy atom. The summed E-state index contributed by atoms with van der Waals surface area (Å²) in [5, 5.41) is 13.4. The van der Waals surface area contributed by atoms with E-state index in [9.17, 15) is 14.9 Å². The van der Waals surface area contributed by atoms with E-state index < -0.39 is 4.92 Å². The van der Waals surface area contributed by atoms with Gasteiger partial charge >= 0.3 is 0 Å². The molecule has 0 bridgehead atoms. The molecule has 23 heavy (non-hydrogen) atoms. The number of nitrogens with one attached hydrogen (secondary N) is 1. The lowest BCUT2D eigenvalue weighted by molar-refractivity contribution is -0.384. The van der Waals surface area contributed by atoms with Crippen LogP contribution < -0.4 is 5.32 Å². The van der Waals surface area contributed by atoms with Crippen molar-refractivity contribution >= 4 is 11.6 Å². The molecule has 0 saturated carbocycles. The fourth-order valence-corrected chi connectivity index (χ4v) is 2.09. The third kappa shape index (κ3) is 4.62. The van der Waals surface area contributed by atoms with Crippen LogP contribution in [0.25, 0.3) is 0 Å². The number of benzene rings is 2. The SMILES string of the molecule is CCOCc1ccccc1CNC(=O)c1ccc([N+](=O)[O-])cc1. The molecule has 0 spiro atoms. The average Bonchev–Trinajstić information content (AvgIpc) is 2.58. The van der Waals surface area contributed by atoms with Crippen molar-refractivity contribution in [3.63, 3.8) is 0 Å². The lowest BCUT2D eigenvalue weighted by atomic mass is 10.1. The third-order valence-electron chi connectivity index (χ3n) is 3.36. The fourth-order valence-electron chi connectivity index (χ4n) is 2.09. The Labute approximate surface area is 134 Å². The van der Waals surface area contributed by atoms with Crippen molar-refractivity contribution in [1.82, 2.24) is 5.32 Å². The highest BCUT2D eigenvalue weighted by molar-refractivity contribution is 5.94. The quantitative estimate of drug-likeness (QED) is 0.629. The summed E-state index contributed by atoms with van der Waals surface area (Å²) in [7, 11) is 0. The van der Waals surface area contributed by atoms with Gasteiger partial charge in [-0.3, -0.25) is 14.9 Å². The van der Waals surface area contributed by atoms with Gasteiger partial charge in [0.2, 0.25) is 0 Å². The number of rotatable bonds is 7. The molecular formula is C17H18N2O4. The van der Waals surface area contributed by atoms with E-state index in [1.54, 1.807) is 0 Å². The molecule has 0 aliphatic rings. The van der Waals surface area contributed by atoms with Gasteiger partial charge in [0.25, 0.3) is 11.6 Å². The van der Waals surface area contributed by atoms with Crippen LogP contribution >= 0.6 is 0 Å². The lowest BCUT2D eigenvalue weighted by Gasteiger charge is -2.10. The second kappa shape index (κ2) is 8.05. The van der Waals surface area contributed by atoms with Crippen LogP contribution in [-0.4, -0.2) is 17.4 Å². The van der Waals surface area contributed by atoms with Gasteiger partial charge in [-0.15, -0.1) is 0 Å². The van der Waals surface area contributed by atoms with E-state index in [1.807, 2.05) is 31.2 Å². The molecule has 120 valence electrons. The minimum absolute atomic E-state index is 0.0383. The van der Waals surface area contributed by atoms with Crippen LogP contribution in [0.2, 0.25) is 0 Å². The maximum atomic E-state index is 12.1. The Morgan fingerprint density at radius 1 is 1.13 bits per heavy atom. The van der Waals surface area contributed by atoms with Crippen molar-refractivity contribution in [3.05, 3.63) is 75.3 Å². The van der Waals surface area contributed by atoms with Crippen LogP contribution in [0.1, 0.15) is 28.4 Å². The van der Waals surface area contributed by atoms with E-state index in [0.29, 0.717) is 25.3 Å². The van der Waals surface area contributed by atoms with Crippen molar-refractivity contribution in [1.29, 1.82) is 0 Å². The highest BCUT2D eigenvalue weighted by atomic mass is 16.6. The van der Waals surface area contributed by atoms with Crippen molar-refractivity contribution in [2.24, 2.45) is 0 Å². The zero-order valence-corrected chi connectivity index (χ0v) is 12.8. The number of carbonyl (C=O) groups excluding carboxylic acids is 1. The number of carbonyl (C=O) groups is 1. The topological polar surface area (TPSA) is 81.5 Å². The van der Waals surface area contributed by atoms with Gasteiger partial charge in [0, 0.05) is 30.8 Å². The van der Waals surface area contributed by atoms with Gasteiger partial charge in [-0.1, -0.05) is 24.3 Å². The van der Waals surface area contributed by atoms with E-state index in [1.165, 1.54) is 24.3 Å². The second-order valence-corrected chi connectivity index (χ2v) is 4.89. The van der Waals surface area contributed by atoms with Crippen LogP contribution in [0.15, 0.2) is 48.5 Å². The number of nitro groups is 1. The fraction of sp³-hybridized carbons (Fsp3) is 0.235. The molecule has 1 N–H and O–H groups in total. The highest BCUT2D eigenvalue weighted by Gasteiger charge is 2.10. The van der Waals surface area contributed by atoms with Crippen molar-refractivity contribution in [3.8, 4) is 0 Å². The summed E-state index contributed by atoms with van der Waals surface area (Å²) in [6, 6.07) is 13.3. The monoisotopic (exact) mass is 314 g/mol. The molecule has 6 nitrogen and oxygen atoms in total. The van der Waals surface area contributed by atoms with Gasteiger partial charge in [-0.05, 0) is 30.2 Å². The average molecular weight is 314 g/mol. The van der Waals surface area contributed by atoms with Crippen LogP contribution in [0.4, 0.5) is 5.69 Å². The molecule has 0 aliphatic heterocycles. The van der Waals surface area contributed by atoms with Crippen molar-refractivity contribution in [2.45, 2.75) is 20.1 Å². The Hall–Kier alpha value is -2.73. The van der Waals surface area contributed by atoms with Crippen LogP contribution in [0, 0.1) is 10.1 Å².